The third-order valence-corrected chi connectivity index (χ3v) is 6.40. The normalized spacial score (nSPS) is 12.0. The highest BCUT2D eigenvalue weighted by Crippen LogP contribution is 2.25. The van der Waals surface area contributed by atoms with Crippen molar-refractivity contribution < 1.29 is 18.0 Å². The highest BCUT2D eigenvalue weighted by Gasteiger charge is 2.30. The number of benzene rings is 2. The molecule has 0 saturated carbocycles. The number of carbonyl (C=O) groups excluding carboxylic acids is 2. The Balaban J connectivity index is 1.82. The van der Waals surface area contributed by atoms with Gasteiger partial charge in [-0.1, -0.05) is 24.3 Å². The van der Waals surface area contributed by atoms with E-state index in [1.807, 2.05) is 26.0 Å². The smallest absolute Gasteiger partial charge is 0.253 e. The van der Waals surface area contributed by atoms with Crippen LogP contribution in [0.1, 0.15) is 34.0 Å². The van der Waals surface area contributed by atoms with Crippen LogP contribution in [0.25, 0.3) is 0 Å². The summed E-state index contributed by atoms with van der Waals surface area (Å²) in [5.74, 6) is -0.932. The summed E-state index contributed by atoms with van der Waals surface area (Å²) >= 11 is 0. The summed E-state index contributed by atoms with van der Waals surface area (Å²) in [6.45, 7) is 5.52. The Morgan fingerprint density at radius 2 is 1.71 bits per heavy atom. The maximum atomic E-state index is 13.1. The molecule has 0 fully saturated rings. The lowest BCUT2D eigenvalue weighted by atomic mass is 10.1. The first-order valence-corrected chi connectivity index (χ1v) is 12.6. The minimum atomic E-state index is -3.77. The Bertz CT molecular complexity index is 1270. The monoisotopic (exact) mass is 480 g/mol. The molecule has 0 unspecified atom stereocenters. The van der Waals surface area contributed by atoms with Crippen LogP contribution < -0.4 is 14.9 Å². The van der Waals surface area contributed by atoms with Crippen molar-refractivity contribution >= 4 is 33.2 Å². The second kappa shape index (κ2) is 10.5. The second-order valence-electron chi connectivity index (χ2n) is 8.16. The minimum absolute atomic E-state index is 0.268. The quantitative estimate of drug-likeness (QED) is 0.514. The number of rotatable bonds is 8. The molecule has 0 aliphatic heterocycles. The summed E-state index contributed by atoms with van der Waals surface area (Å²) in [7, 11) is -3.77. The Hall–Kier alpha value is -3.72. The number of amides is 2. The zero-order chi connectivity index (χ0) is 24.9. The van der Waals surface area contributed by atoms with Crippen LogP contribution in [0.4, 0.5) is 11.4 Å². The standard InChI is InChI=1S/C25H28N4O4S/c1-17-12-18(2)14-21(13-17)29(34(4,32)33)19(3)24(30)28-23-10-6-5-9-22(23)25(31)27-16-20-8-7-11-26-15-20/h5-15,19H,16H2,1-4H3,(H,27,31)(H,28,30)/t19-/m1/s1. The van der Waals surface area contributed by atoms with Gasteiger partial charge in [-0.15, -0.1) is 0 Å². The number of carbonyl (C=O) groups is 2. The third kappa shape index (κ3) is 6.20. The van der Waals surface area contributed by atoms with Gasteiger partial charge in [-0.3, -0.25) is 18.9 Å². The average molecular weight is 481 g/mol. The third-order valence-electron chi connectivity index (χ3n) is 5.15. The zero-order valence-electron chi connectivity index (χ0n) is 19.6. The molecule has 1 aromatic heterocycles. The predicted molar refractivity (Wildman–Crippen MR) is 133 cm³/mol. The fraction of sp³-hybridized carbons (Fsp3) is 0.240. The number of nitrogens with zero attached hydrogens (tertiary/aromatic N) is 2. The van der Waals surface area contributed by atoms with Crippen molar-refractivity contribution in [1.82, 2.24) is 10.3 Å². The number of aryl methyl sites for hydroxylation is 2. The maximum absolute atomic E-state index is 13.1. The van der Waals surface area contributed by atoms with Crippen LogP contribution in [-0.4, -0.2) is 37.5 Å². The molecule has 0 aliphatic carbocycles. The summed E-state index contributed by atoms with van der Waals surface area (Å²) in [6, 6.07) is 14.5. The van der Waals surface area contributed by atoms with E-state index in [2.05, 4.69) is 15.6 Å². The van der Waals surface area contributed by atoms with E-state index < -0.39 is 22.0 Å². The van der Waals surface area contributed by atoms with Gasteiger partial charge in [-0.05, 0) is 67.8 Å². The first-order chi connectivity index (χ1) is 16.1. The molecular formula is C25H28N4O4S. The van der Waals surface area contributed by atoms with Crippen LogP contribution in [0.3, 0.4) is 0 Å². The van der Waals surface area contributed by atoms with Crippen LogP contribution in [-0.2, 0) is 21.4 Å². The van der Waals surface area contributed by atoms with E-state index in [0.717, 1.165) is 27.3 Å². The molecule has 3 rings (SSSR count). The van der Waals surface area contributed by atoms with Crippen molar-refractivity contribution in [3.8, 4) is 0 Å². The molecule has 0 aliphatic rings. The number of nitrogens with one attached hydrogen (secondary N) is 2. The van der Waals surface area contributed by atoms with Gasteiger partial charge in [-0.2, -0.15) is 0 Å². The summed E-state index contributed by atoms with van der Waals surface area (Å²) in [5.41, 5.74) is 3.56. The molecular weight excluding hydrogens is 452 g/mol. The minimum Gasteiger partial charge on any atom is -0.348 e. The number of para-hydroxylation sites is 1. The highest BCUT2D eigenvalue weighted by atomic mass is 32.2. The average Bonchev–Trinajstić information content (AvgIpc) is 2.77. The largest absolute Gasteiger partial charge is 0.348 e. The Morgan fingerprint density at radius 1 is 1.03 bits per heavy atom. The summed E-state index contributed by atoms with van der Waals surface area (Å²) in [6.07, 6.45) is 4.37. The number of aromatic nitrogens is 1. The lowest BCUT2D eigenvalue weighted by Gasteiger charge is -2.29. The number of sulfonamides is 1. The first kappa shape index (κ1) is 24.9. The van der Waals surface area contributed by atoms with Gasteiger partial charge in [-0.25, -0.2) is 8.42 Å². The van der Waals surface area contributed by atoms with Gasteiger partial charge in [0.1, 0.15) is 6.04 Å². The maximum Gasteiger partial charge on any atom is 0.253 e. The van der Waals surface area contributed by atoms with Gasteiger partial charge >= 0.3 is 0 Å². The number of anilines is 2. The van der Waals surface area contributed by atoms with Gasteiger partial charge in [0.15, 0.2) is 0 Å². The molecule has 0 bridgehead atoms. The molecule has 1 atom stereocenters. The van der Waals surface area contributed by atoms with E-state index in [0.29, 0.717) is 5.69 Å². The highest BCUT2D eigenvalue weighted by molar-refractivity contribution is 7.92. The van der Waals surface area contributed by atoms with Crippen LogP contribution >= 0.6 is 0 Å². The predicted octanol–water partition coefficient (Wildman–Crippen LogP) is 3.42. The van der Waals surface area contributed by atoms with Crippen molar-refractivity contribution in [2.45, 2.75) is 33.4 Å². The zero-order valence-corrected chi connectivity index (χ0v) is 20.4. The molecule has 3 aromatic rings. The van der Waals surface area contributed by atoms with Gasteiger partial charge in [0, 0.05) is 18.9 Å². The summed E-state index contributed by atoms with van der Waals surface area (Å²) in [4.78, 5) is 30.0. The molecule has 0 saturated heterocycles. The number of hydrogen-bond acceptors (Lipinski definition) is 5. The van der Waals surface area contributed by atoms with Crippen molar-refractivity contribution in [3.63, 3.8) is 0 Å². The van der Waals surface area contributed by atoms with Crippen molar-refractivity contribution in [3.05, 3.63) is 89.2 Å². The Kier molecular flexibility index (Phi) is 7.68. The van der Waals surface area contributed by atoms with Crippen LogP contribution in [0.5, 0.6) is 0 Å². The molecule has 9 heteroatoms. The van der Waals surface area contributed by atoms with Crippen LogP contribution in [0.15, 0.2) is 67.0 Å². The van der Waals surface area contributed by atoms with Crippen LogP contribution in [0, 0.1) is 13.8 Å². The SMILES string of the molecule is Cc1cc(C)cc(N([C@H](C)C(=O)Nc2ccccc2C(=O)NCc2cccnc2)S(C)(=O)=O)c1. The molecule has 0 radical (unpaired) electrons. The van der Waals surface area contributed by atoms with E-state index in [4.69, 9.17) is 0 Å². The van der Waals surface area contributed by atoms with Crippen molar-refractivity contribution in [2.75, 3.05) is 15.9 Å². The molecule has 34 heavy (non-hydrogen) atoms. The van der Waals surface area contributed by atoms with Gasteiger partial charge in [0.25, 0.3) is 5.91 Å². The molecule has 2 amide bonds. The molecule has 178 valence electrons. The lowest BCUT2D eigenvalue weighted by Crippen LogP contribution is -2.45. The summed E-state index contributed by atoms with van der Waals surface area (Å²) in [5, 5.41) is 5.53. The number of hydrogen-bond donors (Lipinski definition) is 2. The fourth-order valence-electron chi connectivity index (χ4n) is 3.69. The molecule has 2 N–H and O–H groups in total. The molecule has 2 aromatic carbocycles. The van der Waals surface area contributed by atoms with E-state index >= 15 is 0 Å². The first-order valence-electron chi connectivity index (χ1n) is 10.7. The van der Waals surface area contributed by atoms with E-state index in [9.17, 15) is 18.0 Å². The molecule has 1 heterocycles. The lowest BCUT2D eigenvalue weighted by molar-refractivity contribution is -0.116. The van der Waals surface area contributed by atoms with E-state index in [-0.39, 0.29) is 23.7 Å². The van der Waals surface area contributed by atoms with E-state index in [1.165, 1.54) is 6.92 Å². The van der Waals surface area contributed by atoms with Crippen molar-refractivity contribution in [1.29, 1.82) is 0 Å². The van der Waals surface area contributed by atoms with Gasteiger partial charge in [0.2, 0.25) is 15.9 Å². The molecule has 0 spiro atoms. The topological polar surface area (TPSA) is 108 Å². The van der Waals surface area contributed by atoms with Crippen LogP contribution in [0.2, 0.25) is 0 Å². The number of pyridine rings is 1. The Labute approximate surface area is 200 Å². The van der Waals surface area contributed by atoms with Gasteiger partial charge < -0.3 is 10.6 Å². The van der Waals surface area contributed by atoms with Crippen molar-refractivity contribution in [2.24, 2.45) is 0 Å². The van der Waals surface area contributed by atoms with E-state index in [1.54, 1.807) is 54.9 Å². The Morgan fingerprint density at radius 3 is 2.32 bits per heavy atom. The summed E-state index contributed by atoms with van der Waals surface area (Å²) < 4.78 is 26.3. The molecule has 8 nitrogen and oxygen atoms in total. The fourth-order valence-corrected chi connectivity index (χ4v) is 4.85. The van der Waals surface area contributed by atoms with Gasteiger partial charge in [0.05, 0.1) is 23.2 Å². The second-order valence-corrected chi connectivity index (χ2v) is 10.0.